The lowest BCUT2D eigenvalue weighted by Crippen LogP contribution is -2.10. The van der Waals surface area contributed by atoms with Gasteiger partial charge in [0.05, 0.1) is 19.1 Å². The number of ether oxygens (including phenoxy) is 1. The van der Waals surface area contributed by atoms with Crippen LogP contribution >= 0.6 is 0 Å². The lowest BCUT2D eigenvalue weighted by Gasteiger charge is -2.14. The summed E-state index contributed by atoms with van der Waals surface area (Å²) in [6.45, 7) is 7.86. The van der Waals surface area contributed by atoms with Crippen molar-refractivity contribution in [3.8, 4) is 5.75 Å². The maximum atomic E-state index is 13.4. The zero-order chi connectivity index (χ0) is 17.2. The molecule has 0 radical (unpaired) electrons. The molecule has 2 rings (SSSR count). The Kier molecular flexibility index (Phi) is 5.24. The molecular formula is C17H22FNO3S. The Morgan fingerprint density at radius 2 is 2.09 bits per heavy atom. The van der Waals surface area contributed by atoms with Crippen molar-refractivity contribution in [3.05, 3.63) is 47.4 Å². The Morgan fingerprint density at radius 1 is 1.39 bits per heavy atom. The maximum absolute atomic E-state index is 13.4. The van der Waals surface area contributed by atoms with Gasteiger partial charge in [0, 0.05) is 21.8 Å². The van der Waals surface area contributed by atoms with Crippen LogP contribution in [0.1, 0.15) is 50.2 Å². The molecular weight excluding hydrogens is 317 g/mol. The zero-order valence-electron chi connectivity index (χ0n) is 14.1. The molecule has 1 aromatic heterocycles. The summed E-state index contributed by atoms with van der Waals surface area (Å²) in [7, 11) is 0.203. The Labute approximate surface area is 138 Å². The van der Waals surface area contributed by atoms with E-state index in [0.29, 0.717) is 17.2 Å². The molecule has 2 unspecified atom stereocenters. The highest BCUT2D eigenvalue weighted by Crippen LogP contribution is 2.29. The molecule has 2 atom stereocenters. The Balaban J connectivity index is 2.17. The highest BCUT2D eigenvalue weighted by atomic mass is 32.2. The van der Waals surface area contributed by atoms with Gasteiger partial charge in [-0.05, 0) is 25.1 Å². The Bertz CT molecular complexity index is 706. The van der Waals surface area contributed by atoms with Gasteiger partial charge in [0.15, 0.2) is 0 Å². The summed E-state index contributed by atoms with van der Waals surface area (Å²) in [5, 5.41) is -0.390. The van der Waals surface area contributed by atoms with Crippen LogP contribution in [0.25, 0.3) is 0 Å². The minimum Gasteiger partial charge on any atom is -0.496 e. The number of aromatic nitrogens is 1. The molecule has 0 aliphatic heterocycles. The van der Waals surface area contributed by atoms with Crippen LogP contribution in [0.2, 0.25) is 0 Å². The van der Waals surface area contributed by atoms with E-state index in [2.05, 4.69) is 4.98 Å². The van der Waals surface area contributed by atoms with Crippen LogP contribution in [0.15, 0.2) is 28.8 Å². The van der Waals surface area contributed by atoms with E-state index in [-0.39, 0.29) is 22.2 Å². The third-order valence-electron chi connectivity index (χ3n) is 3.55. The van der Waals surface area contributed by atoms with Gasteiger partial charge in [0.1, 0.15) is 22.6 Å². The molecule has 23 heavy (non-hydrogen) atoms. The molecule has 126 valence electrons. The normalized spacial score (nSPS) is 14.5. The molecule has 6 heteroatoms. The maximum Gasteiger partial charge on any atom is 0.209 e. The monoisotopic (exact) mass is 339 g/mol. The smallest absolute Gasteiger partial charge is 0.209 e. The second-order valence-corrected chi connectivity index (χ2v) is 8.19. The van der Waals surface area contributed by atoms with E-state index >= 15 is 0 Å². The molecule has 1 heterocycles. The van der Waals surface area contributed by atoms with E-state index in [4.69, 9.17) is 9.15 Å². The van der Waals surface area contributed by atoms with E-state index < -0.39 is 10.8 Å². The van der Waals surface area contributed by atoms with Gasteiger partial charge in [-0.3, -0.25) is 4.21 Å². The predicted molar refractivity (Wildman–Crippen MR) is 88.4 cm³/mol. The van der Waals surface area contributed by atoms with Crippen molar-refractivity contribution in [2.24, 2.45) is 0 Å². The van der Waals surface area contributed by atoms with Gasteiger partial charge in [-0.15, -0.1) is 0 Å². The number of nitrogens with zero attached hydrogens (tertiary/aromatic N) is 1. The van der Waals surface area contributed by atoms with Crippen LogP contribution in [0.4, 0.5) is 4.39 Å². The first-order valence-corrected chi connectivity index (χ1v) is 8.76. The number of oxazole rings is 1. The fourth-order valence-corrected chi connectivity index (χ4v) is 3.19. The highest BCUT2D eigenvalue weighted by molar-refractivity contribution is 7.84. The fourth-order valence-electron chi connectivity index (χ4n) is 2.07. The summed E-state index contributed by atoms with van der Waals surface area (Å²) in [5.74, 6) is 1.50. The summed E-state index contributed by atoms with van der Waals surface area (Å²) in [4.78, 5) is 4.24. The van der Waals surface area contributed by atoms with Gasteiger partial charge in [0.25, 0.3) is 0 Å². The minimum atomic E-state index is -1.30. The van der Waals surface area contributed by atoms with Crippen LogP contribution in [0.3, 0.4) is 0 Å². The molecule has 1 aromatic carbocycles. The van der Waals surface area contributed by atoms with Crippen LogP contribution in [0, 0.1) is 5.82 Å². The van der Waals surface area contributed by atoms with Crippen molar-refractivity contribution in [1.29, 1.82) is 0 Å². The van der Waals surface area contributed by atoms with Gasteiger partial charge in [0.2, 0.25) is 5.89 Å². The van der Waals surface area contributed by atoms with Gasteiger partial charge in [-0.1, -0.05) is 20.8 Å². The summed E-state index contributed by atoms with van der Waals surface area (Å²) < 4.78 is 36.9. The molecule has 2 aromatic rings. The number of rotatable bonds is 5. The first-order chi connectivity index (χ1) is 10.7. The predicted octanol–water partition coefficient (Wildman–Crippen LogP) is 4.13. The number of halogens is 1. The van der Waals surface area contributed by atoms with Crippen molar-refractivity contribution in [3.63, 3.8) is 0 Å². The molecule has 4 nitrogen and oxygen atoms in total. The Morgan fingerprint density at radius 3 is 2.65 bits per heavy atom. The second-order valence-electron chi connectivity index (χ2n) is 6.44. The van der Waals surface area contributed by atoms with Crippen molar-refractivity contribution in [2.75, 3.05) is 7.11 Å². The fraction of sp³-hybridized carbons (Fsp3) is 0.471. The van der Waals surface area contributed by atoms with E-state index in [1.54, 1.807) is 13.1 Å². The third kappa shape index (κ3) is 4.19. The van der Waals surface area contributed by atoms with Crippen molar-refractivity contribution in [2.45, 2.75) is 44.1 Å². The van der Waals surface area contributed by atoms with Crippen LogP contribution in [-0.2, 0) is 22.0 Å². The molecule has 0 fully saturated rings. The number of hydrogen-bond acceptors (Lipinski definition) is 4. The molecule has 0 saturated heterocycles. The molecule has 0 aliphatic rings. The molecule has 0 saturated carbocycles. The second kappa shape index (κ2) is 6.83. The van der Waals surface area contributed by atoms with E-state index in [1.807, 2.05) is 20.8 Å². The topological polar surface area (TPSA) is 52.3 Å². The van der Waals surface area contributed by atoms with Crippen LogP contribution in [0.5, 0.6) is 5.75 Å². The molecule has 0 bridgehead atoms. The van der Waals surface area contributed by atoms with Crippen LogP contribution < -0.4 is 4.74 Å². The van der Waals surface area contributed by atoms with Crippen molar-refractivity contribution < 1.29 is 17.8 Å². The minimum absolute atomic E-state index is 0.155. The summed E-state index contributed by atoms with van der Waals surface area (Å²) in [6, 6.07) is 4.20. The van der Waals surface area contributed by atoms with Crippen LogP contribution in [-0.4, -0.2) is 16.3 Å². The molecule has 0 aliphatic carbocycles. The largest absolute Gasteiger partial charge is 0.496 e. The zero-order valence-corrected chi connectivity index (χ0v) is 14.9. The van der Waals surface area contributed by atoms with Gasteiger partial charge >= 0.3 is 0 Å². The summed E-state index contributed by atoms with van der Waals surface area (Å²) >= 11 is 0. The first kappa shape index (κ1) is 17.7. The number of benzene rings is 1. The summed E-state index contributed by atoms with van der Waals surface area (Å²) in [5.41, 5.74) is 0.415. The standard InChI is InChI=1S/C17H22FNO3S/c1-11(16-19-9-15(22-16)17(2,3)4)23(20)10-12-8-13(18)6-7-14(12)21-5/h6-9,11H,10H2,1-5H3. The third-order valence-corrected chi connectivity index (χ3v) is 5.13. The van der Waals surface area contributed by atoms with E-state index in [1.165, 1.54) is 25.3 Å². The van der Waals surface area contributed by atoms with Crippen molar-refractivity contribution >= 4 is 10.8 Å². The lowest BCUT2D eigenvalue weighted by molar-refractivity contribution is 0.382. The number of hydrogen-bond donors (Lipinski definition) is 0. The molecule has 0 N–H and O–H groups in total. The number of methoxy groups -OCH3 is 1. The highest BCUT2D eigenvalue weighted by Gasteiger charge is 2.24. The Hall–Kier alpha value is -1.69. The van der Waals surface area contributed by atoms with Gasteiger partial charge < -0.3 is 9.15 Å². The quantitative estimate of drug-likeness (QED) is 0.822. The van der Waals surface area contributed by atoms with E-state index in [9.17, 15) is 8.60 Å². The molecule has 0 spiro atoms. The average molecular weight is 339 g/mol. The van der Waals surface area contributed by atoms with Gasteiger partial charge in [-0.25, -0.2) is 9.37 Å². The SMILES string of the molecule is COc1ccc(F)cc1CS(=O)C(C)c1ncc(C(C)(C)C)o1. The van der Waals surface area contributed by atoms with Crippen molar-refractivity contribution in [1.82, 2.24) is 4.98 Å². The van der Waals surface area contributed by atoms with Gasteiger partial charge in [-0.2, -0.15) is 0 Å². The van der Waals surface area contributed by atoms with E-state index in [0.717, 1.165) is 5.76 Å². The molecule has 0 amide bonds. The lowest BCUT2D eigenvalue weighted by atomic mass is 9.94. The average Bonchev–Trinajstić information content (AvgIpc) is 2.96. The summed E-state index contributed by atoms with van der Waals surface area (Å²) in [6.07, 6.45) is 1.67. The first-order valence-electron chi connectivity index (χ1n) is 7.38.